The minimum atomic E-state index is -1.85. The molecule has 1 aliphatic heterocycles. The average Bonchev–Trinajstić information content (AvgIpc) is 3.08. The maximum absolute atomic E-state index is 12.3. The first-order chi connectivity index (χ1) is 15.3. The fourth-order valence-electron chi connectivity index (χ4n) is 4.35. The number of aliphatic carboxylic acids is 1. The number of alkyl carbamates (subject to hydrolysis) is 1. The van der Waals surface area contributed by atoms with E-state index in [0.717, 1.165) is 22.3 Å². The second-order valence-corrected chi connectivity index (χ2v) is 8.47. The molecule has 0 aromatic heterocycles. The van der Waals surface area contributed by atoms with Crippen molar-refractivity contribution in [1.82, 2.24) is 10.2 Å². The van der Waals surface area contributed by atoms with Crippen LogP contribution in [0.25, 0.3) is 11.1 Å². The zero-order chi connectivity index (χ0) is 22.9. The van der Waals surface area contributed by atoms with Gasteiger partial charge in [0.25, 0.3) is 0 Å². The van der Waals surface area contributed by atoms with Gasteiger partial charge in [0.15, 0.2) is 5.60 Å². The Labute approximate surface area is 185 Å². The van der Waals surface area contributed by atoms with Crippen LogP contribution in [0.15, 0.2) is 48.5 Å². The highest BCUT2D eigenvalue weighted by Crippen LogP contribution is 2.44. The summed E-state index contributed by atoms with van der Waals surface area (Å²) >= 11 is 0. The molecule has 8 heteroatoms. The van der Waals surface area contributed by atoms with E-state index >= 15 is 0 Å². The fourth-order valence-corrected chi connectivity index (χ4v) is 4.35. The lowest BCUT2D eigenvalue weighted by Gasteiger charge is -2.44. The molecule has 1 saturated heterocycles. The third-order valence-corrected chi connectivity index (χ3v) is 6.23. The van der Waals surface area contributed by atoms with E-state index in [1.807, 2.05) is 24.3 Å². The lowest BCUT2D eigenvalue weighted by molar-refractivity contribution is -0.183. The number of amides is 2. The van der Waals surface area contributed by atoms with Crippen molar-refractivity contribution in [3.05, 3.63) is 59.7 Å². The topological polar surface area (TPSA) is 116 Å². The van der Waals surface area contributed by atoms with E-state index in [1.165, 1.54) is 4.90 Å². The van der Waals surface area contributed by atoms with Crippen molar-refractivity contribution in [2.24, 2.45) is 5.92 Å². The average molecular weight is 438 g/mol. The highest BCUT2D eigenvalue weighted by atomic mass is 16.5. The van der Waals surface area contributed by atoms with Gasteiger partial charge in [-0.05, 0) is 28.7 Å². The van der Waals surface area contributed by atoms with Gasteiger partial charge < -0.3 is 25.2 Å². The van der Waals surface area contributed by atoms with Crippen molar-refractivity contribution in [1.29, 1.82) is 0 Å². The van der Waals surface area contributed by atoms with Crippen molar-refractivity contribution in [3.8, 4) is 11.1 Å². The molecule has 168 valence electrons. The minimum Gasteiger partial charge on any atom is -0.479 e. The Morgan fingerprint density at radius 2 is 1.66 bits per heavy atom. The van der Waals surface area contributed by atoms with Gasteiger partial charge in [-0.2, -0.15) is 0 Å². The van der Waals surface area contributed by atoms with E-state index in [-0.39, 0.29) is 38.1 Å². The Morgan fingerprint density at radius 1 is 1.09 bits per heavy atom. The number of fused-ring (bicyclic) bond motifs is 3. The lowest BCUT2D eigenvalue weighted by Crippen LogP contribution is -2.68. The van der Waals surface area contributed by atoms with Crippen LogP contribution >= 0.6 is 0 Å². The van der Waals surface area contributed by atoms with Crippen LogP contribution in [0.2, 0.25) is 0 Å². The minimum absolute atomic E-state index is 0.0203. The summed E-state index contributed by atoms with van der Waals surface area (Å²) in [6.45, 7) is 1.74. The van der Waals surface area contributed by atoms with Crippen LogP contribution in [-0.2, 0) is 14.3 Å². The molecule has 2 aromatic rings. The smallest absolute Gasteiger partial charge is 0.407 e. The van der Waals surface area contributed by atoms with Crippen LogP contribution in [0, 0.1) is 5.92 Å². The van der Waals surface area contributed by atoms with Gasteiger partial charge in [-0.25, -0.2) is 9.59 Å². The largest absolute Gasteiger partial charge is 0.479 e. The second-order valence-electron chi connectivity index (χ2n) is 8.47. The van der Waals surface area contributed by atoms with Crippen molar-refractivity contribution in [2.75, 3.05) is 26.2 Å². The van der Waals surface area contributed by atoms with Crippen LogP contribution in [0.3, 0.4) is 0 Å². The molecule has 1 atom stereocenters. The number of carbonyl (C=O) groups excluding carboxylic acids is 2. The Kier molecular flexibility index (Phi) is 5.88. The van der Waals surface area contributed by atoms with Crippen LogP contribution < -0.4 is 5.32 Å². The highest BCUT2D eigenvalue weighted by molar-refractivity contribution is 5.86. The van der Waals surface area contributed by atoms with Gasteiger partial charge in [0.2, 0.25) is 5.91 Å². The number of nitrogens with zero attached hydrogens (tertiary/aromatic N) is 1. The third kappa shape index (κ3) is 4.05. The van der Waals surface area contributed by atoms with Crippen LogP contribution in [0.5, 0.6) is 0 Å². The maximum Gasteiger partial charge on any atom is 0.407 e. The van der Waals surface area contributed by atoms with Crippen molar-refractivity contribution < 1.29 is 29.3 Å². The molecule has 2 aromatic carbocycles. The van der Waals surface area contributed by atoms with E-state index in [9.17, 15) is 19.5 Å². The van der Waals surface area contributed by atoms with Crippen LogP contribution in [-0.4, -0.2) is 64.9 Å². The monoisotopic (exact) mass is 438 g/mol. The van der Waals surface area contributed by atoms with Gasteiger partial charge in [0.1, 0.15) is 6.61 Å². The molecule has 8 nitrogen and oxygen atoms in total. The summed E-state index contributed by atoms with van der Waals surface area (Å²) < 4.78 is 5.47. The number of carboxylic acids is 1. The molecule has 4 rings (SSSR count). The van der Waals surface area contributed by atoms with Gasteiger partial charge in [0, 0.05) is 18.4 Å². The van der Waals surface area contributed by atoms with Crippen LogP contribution in [0.1, 0.15) is 30.4 Å². The van der Waals surface area contributed by atoms with Gasteiger partial charge in [0.05, 0.1) is 13.1 Å². The molecule has 2 amide bonds. The van der Waals surface area contributed by atoms with Crippen LogP contribution in [0.4, 0.5) is 4.79 Å². The number of carbonyl (C=O) groups is 3. The molecular formula is C24H26N2O6. The SMILES string of the molecule is CC(CCNC(=O)OCC1c2ccccc2-c2ccccc21)C(=O)N1CC(O)(C(=O)O)C1. The summed E-state index contributed by atoms with van der Waals surface area (Å²) in [6.07, 6.45) is -0.166. The van der Waals surface area contributed by atoms with Gasteiger partial charge in [-0.15, -0.1) is 0 Å². The summed E-state index contributed by atoms with van der Waals surface area (Å²) in [5.41, 5.74) is 2.73. The summed E-state index contributed by atoms with van der Waals surface area (Å²) in [5.74, 6) is -2.01. The highest BCUT2D eigenvalue weighted by Gasteiger charge is 2.50. The zero-order valence-electron chi connectivity index (χ0n) is 17.8. The van der Waals surface area contributed by atoms with Crippen molar-refractivity contribution in [3.63, 3.8) is 0 Å². The molecule has 0 saturated carbocycles. The molecule has 1 unspecified atom stereocenters. The second kappa shape index (κ2) is 8.63. The molecule has 1 heterocycles. The quantitative estimate of drug-likeness (QED) is 0.610. The Hall–Kier alpha value is -3.39. The summed E-state index contributed by atoms with van der Waals surface area (Å²) in [5, 5.41) is 21.3. The first-order valence-electron chi connectivity index (χ1n) is 10.6. The summed E-state index contributed by atoms with van der Waals surface area (Å²) in [4.78, 5) is 36.8. The molecular weight excluding hydrogens is 412 g/mol. The van der Waals surface area contributed by atoms with Gasteiger partial charge in [-0.1, -0.05) is 55.5 Å². The van der Waals surface area contributed by atoms with Gasteiger partial charge >= 0.3 is 12.1 Å². The maximum atomic E-state index is 12.3. The predicted octanol–water partition coefficient (Wildman–Crippen LogP) is 2.21. The zero-order valence-corrected chi connectivity index (χ0v) is 17.8. The third-order valence-electron chi connectivity index (χ3n) is 6.23. The number of nitrogens with one attached hydrogen (secondary N) is 1. The van der Waals surface area contributed by atoms with E-state index in [0.29, 0.717) is 6.42 Å². The Bertz CT molecular complexity index is 1000. The predicted molar refractivity (Wildman–Crippen MR) is 116 cm³/mol. The molecule has 0 radical (unpaired) electrons. The van der Waals surface area contributed by atoms with Gasteiger partial charge in [-0.3, -0.25) is 4.79 Å². The number of likely N-dealkylation sites (tertiary alicyclic amines) is 1. The van der Waals surface area contributed by atoms with E-state index in [1.54, 1.807) is 6.92 Å². The molecule has 3 N–H and O–H groups in total. The molecule has 0 bridgehead atoms. The fraction of sp³-hybridized carbons (Fsp3) is 0.375. The number of ether oxygens (including phenoxy) is 1. The number of benzene rings is 2. The molecule has 1 aliphatic carbocycles. The Morgan fingerprint density at radius 3 is 2.22 bits per heavy atom. The Balaban J connectivity index is 1.23. The summed E-state index contributed by atoms with van der Waals surface area (Å²) in [6, 6.07) is 16.2. The number of hydrogen-bond acceptors (Lipinski definition) is 5. The lowest BCUT2D eigenvalue weighted by atomic mass is 9.92. The van der Waals surface area contributed by atoms with E-state index < -0.39 is 23.6 Å². The number of hydrogen-bond donors (Lipinski definition) is 3. The summed E-state index contributed by atoms with van der Waals surface area (Å²) in [7, 11) is 0. The number of β-amino-alcohol motifs (C(OH)–C–C–N with tert-alkyl or cyclic N) is 1. The first kappa shape index (κ1) is 21.8. The molecule has 32 heavy (non-hydrogen) atoms. The van der Waals surface area contributed by atoms with Crippen molar-refractivity contribution in [2.45, 2.75) is 24.9 Å². The van der Waals surface area contributed by atoms with E-state index in [2.05, 4.69) is 29.6 Å². The number of aliphatic hydroxyl groups is 1. The molecule has 1 fully saturated rings. The molecule has 0 spiro atoms. The van der Waals surface area contributed by atoms with E-state index in [4.69, 9.17) is 9.84 Å². The normalized spacial score (nSPS) is 17.0. The molecule has 2 aliphatic rings. The first-order valence-corrected chi connectivity index (χ1v) is 10.6. The number of rotatable bonds is 7. The standard InChI is InChI=1S/C24H26N2O6/c1-15(21(27)26-13-24(31,14-26)22(28)29)10-11-25-23(30)32-12-20-18-8-4-2-6-16(18)17-7-3-5-9-19(17)20/h2-9,15,20,31H,10-14H2,1H3,(H,25,30)(H,28,29). The number of carboxylic acid groups (broad SMARTS) is 1. The van der Waals surface area contributed by atoms with Crippen molar-refractivity contribution >= 4 is 18.0 Å².